The Bertz CT molecular complexity index is 1310. The molecule has 5 aromatic carbocycles. The van der Waals surface area contributed by atoms with E-state index in [0.29, 0.717) is 0 Å². The van der Waals surface area contributed by atoms with E-state index in [0.717, 1.165) is 4.47 Å². The van der Waals surface area contributed by atoms with Gasteiger partial charge in [-0.3, -0.25) is 0 Å². The first-order valence-electron chi connectivity index (χ1n) is 10.4. The van der Waals surface area contributed by atoms with E-state index < -0.39 is 0 Å². The molecule has 0 spiro atoms. The predicted molar refractivity (Wildman–Crippen MR) is 136 cm³/mol. The van der Waals surface area contributed by atoms with Crippen LogP contribution >= 0.6 is 15.9 Å². The molecule has 0 aliphatic carbocycles. The van der Waals surface area contributed by atoms with E-state index in [4.69, 9.17) is 0 Å². The highest BCUT2D eigenvalue weighted by Crippen LogP contribution is 2.43. The lowest BCUT2D eigenvalue weighted by Crippen LogP contribution is -1.92. The number of hydrogen-bond acceptors (Lipinski definition) is 0. The Balaban J connectivity index is 1.87. The Morgan fingerprint density at radius 2 is 0.677 bits per heavy atom. The standard InChI is InChI=1S/C30H21Br/c31-30-19-11-10-18-25(30)29-21-27(23-14-6-2-7-15-23)26(22-12-4-1-5-13-22)20-28(29)24-16-8-3-9-17-24/h1-21H. The molecular formula is C30H21Br. The second-order valence-electron chi connectivity index (χ2n) is 7.52. The van der Waals surface area contributed by atoms with Gasteiger partial charge in [0.15, 0.2) is 0 Å². The summed E-state index contributed by atoms with van der Waals surface area (Å²) in [6.07, 6.45) is 0. The molecule has 5 rings (SSSR count). The normalized spacial score (nSPS) is 10.7. The molecule has 0 amide bonds. The molecule has 0 aliphatic rings. The van der Waals surface area contributed by atoms with Crippen molar-refractivity contribution in [1.29, 1.82) is 0 Å². The van der Waals surface area contributed by atoms with E-state index >= 15 is 0 Å². The molecule has 0 aromatic heterocycles. The van der Waals surface area contributed by atoms with Gasteiger partial charge in [-0.05, 0) is 62.7 Å². The van der Waals surface area contributed by atoms with Gasteiger partial charge in [0.2, 0.25) is 0 Å². The maximum atomic E-state index is 3.78. The molecule has 0 fully saturated rings. The Kier molecular flexibility index (Phi) is 5.52. The fourth-order valence-corrected chi connectivity index (χ4v) is 4.57. The molecule has 0 unspecified atom stereocenters. The summed E-state index contributed by atoms with van der Waals surface area (Å²) in [4.78, 5) is 0. The van der Waals surface area contributed by atoms with Gasteiger partial charge in [-0.25, -0.2) is 0 Å². The first-order chi connectivity index (χ1) is 15.3. The van der Waals surface area contributed by atoms with Crippen molar-refractivity contribution in [1.82, 2.24) is 0 Å². The largest absolute Gasteiger partial charge is 0.0622 e. The minimum absolute atomic E-state index is 1.10. The molecule has 0 saturated carbocycles. The highest BCUT2D eigenvalue weighted by atomic mass is 79.9. The summed E-state index contributed by atoms with van der Waals surface area (Å²) in [5.41, 5.74) is 9.76. The number of hydrogen-bond donors (Lipinski definition) is 0. The van der Waals surface area contributed by atoms with Crippen LogP contribution < -0.4 is 0 Å². The first kappa shape index (κ1) is 19.5. The van der Waals surface area contributed by atoms with E-state index in [9.17, 15) is 0 Å². The number of halogens is 1. The number of benzene rings is 5. The molecule has 0 bridgehead atoms. The topological polar surface area (TPSA) is 0 Å². The molecule has 31 heavy (non-hydrogen) atoms. The molecular weight excluding hydrogens is 440 g/mol. The summed E-state index contributed by atoms with van der Waals surface area (Å²) in [7, 11) is 0. The fraction of sp³-hybridized carbons (Fsp3) is 0. The van der Waals surface area contributed by atoms with Crippen molar-refractivity contribution in [3.05, 3.63) is 132 Å². The molecule has 0 N–H and O–H groups in total. The van der Waals surface area contributed by atoms with Gasteiger partial charge in [-0.2, -0.15) is 0 Å². The zero-order valence-corrected chi connectivity index (χ0v) is 18.6. The zero-order chi connectivity index (χ0) is 21.0. The van der Waals surface area contributed by atoms with Crippen LogP contribution in [0.3, 0.4) is 0 Å². The van der Waals surface area contributed by atoms with Crippen LogP contribution in [0.25, 0.3) is 44.5 Å². The van der Waals surface area contributed by atoms with Crippen LogP contribution in [0.2, 0.25) is 0 Å². The van der Waals surface area contributed by atoms with Crippen molar-refractivity contribution in [3.63, 3.8) is 0 Å². The Labute approximate surface area is 192 Å². The minimum atomic E-state index is 1.10. The predicted octanol–water partition coefficient (Wildman–Crippen LogP) is 9.12. The van der Waals surface area contributed by atoms with Gasteiger partial charge < -0.3 is 0 Å². The smallest absolute Gasteiger partial charge is 0.0253 e. The lowest BCUT2D eigenvalue weighted by Gasteiger charge is -2.19. The fourth-order valence-electron chi connectivity index (χ4n) is 4.07. The molecule has 0 atom stereocenters. The van der Waals surface area contributed by atoms with Crippen LogP contribution in [0, 0.1) is 0 Å². The monoisotopic (exact) mass is 460 g/mol. The summed E-state index contributed by atoms with van der Waals surface area (Å²) in [6, 6.07) is 45.1. The summed E-state index contributed by atoms with van der Waals surface area (Å²) in [5.74, 6) is 0. The molecule has 0 radical (unpaired) electrons. The molecule has 0 heterocycles. The van der Waals surface area contributed by atoms with Crippen LogP contribution in [0.15, 0.2) is 132 Å². The van der Waals surface area contributed by atoms with Crippen molar-refractivity contribution in [2.45, 2.75) is 0 Å². The lowest BCUT2D eigenvalue weighted by atomic mass is 9.86. The number of rotatable bonds is 4. The van der Waals surface area contributed by atoms with Crippen molar-refractivity contribution < 1.29 is 0 Å². The van der Waals surface area contributed by atoms with Crippen molar-refractivity contribution in [2.75, 3.05) is 0 Å². The van der Waals surface area contributed by atoms with E-state index in [1.54, 1.807) is 0 Å². The highest BCUT2D eigenvalue weighted by Gasteiger charge is 2.16. The van der Waals surface area contributed by atoms with Gasteiger partial charge in [0.05, 0.1) is 0 Å². The van der Waals surface area contributed by atoms with Gasteiger partial charge in [0.25, 0.3) is 0 Å². The molecule has 0 nitrogen and oxygen atoms in total. The summed E-state index contributed by atoms with van der Waals surface area (Å²) < 4.78 is 1.10. The average Bonchev–Trinajstić information content (AvgIpc) is 2.85. The Morgan fingerprint density at radius 3 is 1.13 bits per heavy atom. The maximum absolute atomic E-state index is 3.78. The van der Waals surface area contributed by atoms with Gasteiger partial charge in [0, 0.05) is 4.47 Å². The third kappa shape index (κ3) is 3.97. The third-order valence-electron chi connectivity index (χ3n) is 5.58. The van der Waals surface area contributed by atoms with Crippen LogP contribution in [0.5, 0.6) is 0 Å². The van der Waals surface area contributed by atoms with Gasteiger partial charge in [0.1, 0.15) is 0 Å². The van der Waals surface area contributed by atoms with Gasteiger partial charge >= 0.3 is 0 Å². The summed E-state index contributed by atoms with van der Waals surface area (Å²) in [5, 5.41) is 0. The lowest BCUT2D eigenvalue weighted by molar-refractivity contribution is 1.53. The quantitative estimate of drug-likeness (QED) is 0.250. The molecule has 148 valence electrons. The SMILES string of the molecule is Brc1ccccc1-c1cc(-c2ccccc2)c(-c2ccccc2)cc1-c1ccccc1. The molecule has 0 aliphatic heterocycles. The first-order valence-corrected chi connectivity index (χ1v) is 11.2. The van der Waals surface area contributed by atoms with Crippen molar-refractivity contribution >= 4 is 15.9 Å². The second-order valence-corrected chi connectivity index (χ2v) is 8.38. The highest BCUT2D eigenvalue weighted by molar-refractivity contribution is 9.10. The summed E-state index contributed by atoms with van der Waals surface area (Å²) >= 11 is 3.78. The van der Waals surface area contributed by atoms with Gasteiger partial charge in [-0.15, -0.1) is 0 Å². The van der Waals surface area contributed by atoms with Gasteiger partial charge in [-0.1, -0.05) is 125 Å². The van der Waals surface area contributed by atoms with Crippen molar-refractivity contribution in [2.24, 2.45) is 0 Å². The molecule has 0 saturated heterocycles. The van der Waals surface area contributed by atoms with E-state index in [1.165, 1.54) is 44.5 Å². The second kappa shape index (κ2) is 8.75. The molecule has 1 heteroatoms. The average molecular weight is 461 g/mol. The molecule has 5 aromatic rings. The van der Waals surface area contributed by atoms with E-state index in [1.807, 2.05) is 0 Å². The maximum Gasteiger partial charge on any atom is 0.0253 e. The van der Waals surface area contributed by atoms with Crippen molar-refractivity contribution in [3.8, 4) is 44.5 Å². The van der Waals surface area contributed by atoms with Crippen LogP contribution in [-0.2, 0) is 0 Å². The zero-order valence-electron chi connectivity index (χ0n) is 17.0. The minimum Gasteiger partial charge on any atom is -0.0622 e. The van der Waals surface area contributed by atoms with E-state index in [2.05, 4.69) is 143 Å². The van der Waals surface area contributed by atoms with Crippen LogP contribution in [-0.4, -0.2) is 0 Å². The van der Waals surface area contributed by atoms with Crippen LogP contribution in [0.1, 0.15) is 0 Å². The Morgan fingerprint density at radius 1 is 0.323 bits per heavy atom. The van der Waals surface area contributed by atoms with E-state index in [-0.39, 0.29) is 0 Å². The third-order valence-corrected chi connectivity index (χ3v) is 6.27. The summed E-state index contributed by atoms with van der Waals surface area (Å²) in [6.45, 7) is 0. The van der Waals surface area contributed by atoms with Crippen LogP contribution in [0.4, 0.5) is 0 Å². The Hall–Kier alpha value is -3.42.